The van der Waals surface area contributed by atoms with Crippen LogP contribution in [-0.4, -0.2) is 40.9 Å². The maximum atomic E-state index is 13.1. The second-order valence-electron chi connectivity index (χ2n) is 5.88. The van der Waals surface area contributed by atoms with Crippen molar-refractivity contribution in [3.05, 3.63) is 23.4 Å². The monoisotopic (exact) mass is 386 g/mol. The number of rotatable bonds is 4. The molecule has 146 valence electrons. The third-order valence-corrected chi connectivity index (χ3v) is 3.81. The van der Waals surface area contributed by atoms with Gasteiger partial charge in [-0.15, -0.1) is 0 Å². The average Bonchev–Trinajstić information content (AvgIpc) is 2.53. The summed E-state index contributed by atoms with van der Waals surface area (Å²) in [7, 11) is 0. The summed E-state index contributed by atoms with van der Waals surface area (Å²) in [6.45, 7) is -1.81. The van der Waals surface area contributed by atoms with Crippen LogP contribution in [0.1, 0.15) is 41.7 Å². The zero-order valence-corrected chi connectivity index (χ0v) is 13.3. The second kappa shape index (κ2) is 7.68. The third kappa shape index (κ3) is 5.48. The van der Waals surface area contributed by atoms with Crippen molar-refractivity contribution in [2.24, 2.45) is 0 Å². The zero-order valence-electron chi connectivity index (χ0n) is 13.3. The first-order valence-electron chi connectivity index (χ1n) is 7.74. The largest absolute Gasteiger partial charge is 0.468 e. The molecule has 2 N–H and O–H groups in total. The van der Waals surface area contributed by atoms with E-state index in [1.165, 1.54) is 0 Å². The van der Waals surface area contributed by atoms with Gasteiger partial charge in [0, 0.05) is 6.07 Å². The van der Waals surface area contributed by atoms with Gasteiger partial charge < -0.3 is 15.2 Å². The number of nitrogens with zero attached hydrogens (tertiary/aromatic N) is 1. The zero-order chi connectivity index (χ0) is 19.5. The third-order valence-electron chi connectivity index (χ3n) is 3.81. The number of hydrogen-bond acceptors (Lipinski definition) is 4. The molecule has 1 aliphatic rings. The molecule has 1 aromatic heterocycles. The van der Waals surface area contributed by atoms with Crippen molar-refractivity contribution in [3.8, 4) is 5.88 Å². The van der Waals surface area contributed by atoms with Crippen LogP contribution in [0, 0.1) is 0 Å². The molecule has 1 fully saturated rings. The summed E-state index contributed by atoms with van der Waals surface area (Å²) >= 11 is 0. The Morgan fingerprint density at radius 1 is 1.19 bits per heavy atom. The molecule has 0 bridgehead atoms. The lowest BCUT2D eigenvalue weighted by Crippen LogP contribution is -2.45. The molecule has 0 spiro atoms. The van der Waals surface area contributed by atoms with Gasteiger partial charge in [-0.2, -0.15) is 26.3 Å². The molecule has 1 saturated carbocycles. The number of carbonyl (C=O) groups is 1. The summed E-state index contributed by atoms with van der Waals surface area (Å²) in [5.41, 5.74) is -2.50. The smallest absolute Gasteiger partial charge is 0.434 e. The number of aliphatic hydroxyl groups is 1. The van der Waals surface area contributed by atoms with Gasteiger partial charge in [0.2, 0.25) is 5.88 Å². The molecule has 1 amide bonds. The van der Waals surface area contributed by atoms with Gasteiger partial charge >= 0.3 is 12.4 Å². The van der Waals surface area contributed by atoms with E-state index in [9.17, 15) is 36.2 Å². The van der Waals surface area contributed by atoms with Crippen LogP contribution >= 0.6 is 0 Å². The van der Waals surface area contributed by atoms with Crippen LogP contribution in [-0.2, 0) is 6.18 Å². The number of alkyl halides is 6. The van der Waals surface area contributed by atoms with E-state index in [2.05, 4.69) is 15.0 Å². The van der Waals surface area contributed by atoms with Gasteiger partial charge in [-0.3, -0.25) is 4.79 Å². The minimum Gasteiger partial charge on any atom is -0.468 e. The van der Waals surface area contributed by atoms with Crippen LogP contribution in [0.5, 0.6) is 5.88 Å². The fourth-order valence-electron chi connectivity index (χ4n) is 2.60. The molecule has 2 rings (SSSR count). The molecule has 5 nitrogen and oxygen atoms in total. The van der Waals surface area contributed by atoms with E-state index in [4.69, 9.17) is 0 Å². The highest BCUT2D eigenvalue weighted by atomic mass is 19.4. The SMILES string of the molecule is O=C(NC1CCCCC1O)c1ccc(OCC(F)(F)F)nc1C(F)(F)F. The molecule has 1 heterocycles. The molecule has 26 heavy (non-hydrogen) atoms. The number of carbonyl (C=O) groups excluding carboxylic acids is 1. The lowest BCUT2D eigenvalue weighted by Gasteiger charge is -2.28. The fraction of sp³-hybridized carbons (Fsp3) is 0.600. The number of aromatic nitrogens is 1. The maximum Gasteiger partial charge on any atom is 0.434 e. The molecule has 0 radical (unpaired) electrons. The van der Waals surface area contributed by atoms with Crippen molar-refractivity contribution in [2.45, 2.75) is 50.2 Å². The number of aliphatic hydroxyl groups excluding tert-OH is 1. The average molecular weight is 386 g/mol. The highest BCUT2D eigenvalue weighted by Crippen LogP contribution is 2.32. The van der Waals surface area contributed by atoms with Crippen molar-refractivity contribution in [1.82, 2.24) is 10.3 Å². The van der Waals surface area contributed by atoms with E-state index in [1.54, 1.807) is 0 Å². The molecule has 2 unspecified atom stereocenters. The van der Waals surface area contributed by atoms with Crippen LogP contribution in [0.15, 0.2) is 12.1 Å². The van der Waals surface area contributed by atoms with Crippen LogP contribution in [0.2, 0.25) is 0 Å². The van der Waals surface area contributed by atoms with Crippen LogP contribution in [0.3, 0.4) is 0 Å². The van der Waals surface area contributed by atoms with E-state index in [1.807, 2.05) is 0 Å². The molecule has 0 saturated heterocycles. The standard InChI is InChI=1S/C15H16F6N2O3/c16-14(17,18)7-26-11-6-5-8(12(23-11)15(19,20)21)13(25)22-9-3-1-2-4-10(9)24/h5-6,9-10,24H,1-4,7H2,(H,22,25). The Hall–Kier alpha value is -2.04. The van der Waals surface area contributed by atoms with Gasteiger partial charge in [0.1, 0.15) is 0 Å². The highest BCUT2D eigenvalue weighted by molar-refractivity contribution is 5.95. The summed E-state index contributed by atoms with van der Waals surface area (Å²) in [6, 6.07) is 0.762. The highest BCUT2D eigenvalue weighted by Gasteiger charge is 2.39. The molecule has 1 aromatic rings. The van der Waals surface area contributed by atoms with Gasteiger partial charge in [-0.05, 0) is 18.9 Å². The topological polar surface area (TPSA) is 71.5 Å². The minimum absolute atomic E-state index is 0.411. The number of nitrogens with one attached hydrogen (secondary N) is 1. The number of pyridine rings is 1. The van der Waals surface area contributed by atoms with Crippen molar-refractivity contribution in [2.75, 3.05) is 6.61 Å². The van der Waals surface area contributed by atoms with E-state index < -0.39 is 54.1 Å². The Morgan fingerprint density at radius 3 is 2.42 bits per heavy atom. The summed E-state index contributed by atoms with van der Waals surface area (Å²) < 4.78 is 80.0. The Bertz CT molecular complexity index is 647. The second-order valence-corrected chi connectivity index (χ2v) is 5.88. The van der Waals surface area contributed by atoms with Crippen LogP contribution < -0.4 is 10.1 Å². The number of halogens is 6. The lowest BCUT2D eigenvalue weighted by atomic mass is 9.92. The van der Waals surface area contributed by atoms with Gasteiger partial charge in [0.15, 0.2) is 12.3 Å². The van der Waals surface area contributed by atoms with Crippen molar-refractivity contribution in [1.29, 1.82) is 0 Å². The molecule has 1 aliphatic carbocycles. The van der Waals surface area contributed by atoms with E-state index in [0.717, 1.165) is 12.5 Å². The first kappa shape index (κ1) is 20.3. The molecule has 0 aromatic carbocycles. The van der Waals surface area contributed by atoms with Gasteiger partial charge in [0.05, 0.1) is 17.7 Å². The van der Waals surface area contributed by atoms with E-state index >= 15 is 0 Å². The normalized spacial score (nSPS) is 21.3. The quantitative estimate of drug-likeness (QED) is 0.781. The van der Waals surface area contributed by atoms with E-state index in [-0.39, 0.29) is 0 Å². The summed E-state index contributed by atoms with van der Waals surface area (Å²) in [5, 5.41) is 12.1. The molecule has 11 heteroatoms. The fourth-order valence-corrected chi connectivity index (χ4v) is 2.60. The first-order chi connectivity index (χ1) is 12.0. The molecule has 2 atom stereocenters. The van der Waals surface area contributed by atoms with Crippen molar-refractivity contribution >= 4 is 5.91 Å². The van der Waals surface area contributed by atoms with Gasteiger partial charge in [0.25, 0.3) is 5.91 Å². The Kier molecular flexibility index (Phi) is 5.99. The van der Waals surface area contributed by atoms with Crippen LogP contribution in [0.4, 0.5) is 26.3 Å². The number of amides is 1. The lowest BCUT2D eigenvalue weighted by molar-refractivity contribution is -0.154. The molecular formula is C15H16F6N2O3. The predicted octanol–water partition coefficient (Wildman–Crippen LogP) is 3.07. The Morgan fingerprint density at radius 2 is 1.85 bits per heavy atom. The van der Waals surface area contributed by atoms with Crippen LogP contribution in [0.25, 0.3) is 0 Å². The summed E-state index contributed by atoms with van der Waals surface area (Å²) in [5.74, 6) is -2.01. The van der Waals surface area contributed by atoms with Crippen molar-refractivity contribution in [3.63, 3.8) is 0 Å². The molecule has 0 aliphatic heterocycles. The van der Waals surface area contributed by atoms with Gasteiger partial charge in [-0.25, -0.2) is 4.98 Å². The molecular weight excluding hydrogens is 370 g/mol. The number of ether oxygens (including phenoxy) is 1. The predicted molar refractivity (Wildman–Crippen MR) is 76.5 cm³/mol. The number of hydrogen-bond donors (Lipinski definition) is 2. The van der Waals surface area contributed by atoms with E-state index in [0.29, 0.717) is 25.3 Å². The minimum atomic E-state index is -5.07. The summed E-state index contributed by atoms with van der Waals surface area (Å²) in [6.07, 6.45) is -8.41. The van der Waals surface area contributed by atoms with Gasteiger partial charge in [-0.1, -0.05) is 12.8 Å². The summed E-state index contributed by atoms with van der Waals surface area (Å²) in [4.78, 5) is 15.2. The Labute approximate surface area is 144 Å². The first-order valence-corrected chi connectivity index (χ1v) is 7.74. The maximum absolute atomic E-state index is 13.1. The Balaban J connectivity index is 2.22. The van der Waals surface area contributed by atoms with Crippen molar-refractivity contribution < 1.29 is 41.0 Å².